The summed E-state index contributed by atoms with van der Waals surface area (Å²) < 4.78 is 5.09. The smallest absolute Gasteiger partial charge is 0.243 e. The van der Waals surface area contributed by atoms with Gasteiger partial charge in [0, 0.05) is 42.7 Å². The summed E-state index contributed by atoms with van der Waals surface area (Å²) in [4.78, 5) is 30.0. The van der Waals surface area contributed by atoms with Gasteiger partial charge in [-0.15, -0.1) is 0 Å². The maximum atomic E-state index is 12.7. The van der Waals surface area contributed by atoms with E-state index in [1.165, 1.54) is 4.90 Å². The molecule has 0 saturated carbocycles. The molecular weight excluding hydrogens is 360 g/mol. The largest absolute Gasteiger partial charge is 0.391 e. The number of β-amino-alcohol motifs (C(OH)–C–C–N with tert-alkyl or cyclic N) is 1. The van der Waals surface area contributed by atoms with Crippen LogP contribution in [0.15, 0.2) is 41.1 Å². The number of aryl methyl sites for hydroxylation is 1. The molecule has 0 radical (unpaired) electrons. The number of nitrogens with zero attached hydrogens (tertiary/aromatic N) is 2. The minimum absolute atomic E-state index is 0.0137. The second kappa shape index (κ2) is 7.47. The molecule has 4 rings (SSSR count). The first-order valence-electron chi connectivity index (χ1n) is 9.23. The Kier molecular flexibility index (Phi) is 4.87. The molecular formula is C20H22N4O4. The molecule has 0 spiro atoms. The Hall–Kier alpha value is -3.13. The number of rotatable bonds is 5. The molecule has 8 heteroatoms. The minimum Gasteiger partial charge on any atom is -0.391 e. The number of para-hydroxylation sites is 1. The van der Waals surface area contributed by atoms with Gasteiger partial charge in [-0.05, 0) is 18.6 Å². The zero-order valence-corrected chi connectivity index (χ0v) is 15.5. The van der Waals surface area contributed by atoms with Gasteiger partial charge in [-0.1, -0.05) is 23.4 Å². The predicted molar refractivity (Wildman–Crippen MR) is 101 cm³/mol. The fourth-order valence-electron chi connectivity index (χ4n) is 3.67. The van der Waals surface area contributed by atoms with E-state index in [0.717, 1.165) is 16.5 Å². The van der Waals surface area contributed by atoms with Crippen LogP contribution in [0, 0.1) is 6.92 Å². The molecule has 1 fully saturated rings. The molecule has 2 atom stereocenters. The van der Waals surface area contributed by atoms with Crippen molar-refractivity contribution in [2.45, 2.75) is 38.5 Å². The fraction of sp³-hybridized carbons (Fsp3) is 0.350. The number of hydrogen-bond donors (Lipinski definition) is 3. The number of aromatic amines is 1. The molecule has 2 aromatic heterocycles. The zero-order chi connectivity index (χ0) is 19.7. The van der Waals surface area contributed by atoms with Gasteiger partial charge in [-0.25, -0.2) is 0 Å². The van der Waals surface area contributed by atoms with Crippen molar-refractivity contribution in [2.24, 2.45) is 0 Å². The first-order chi connectivity index (χ1) is 13.5. The van der Waals surface area contributed by atoms with Gasteiger partial charge >= 0.3 is 0 Å². The van der Waals surface area contributed by atoms with Crippen LogP contribution in [0.5, 0.6) is 0 Å². The Labute approximate surface area is 161 Å². The van der Waals surface area contributed by atoms with Crippen LogP contribution < -0.4 is 5.32 Å². The summed E-state index contributed by atoms with van der Waals surface area (Å²) in [6, 6.07) is 8.84. The zero-order valence-electron chi connectivity index (χ0n) is 15.5. The lowest BCUT2D eigenvalue weighted by molar-refractivity contribution is -0.138. The Bertz CT molecular complexity index is 1010. The van der Waals surface area contributed by atoms with E-state index in [1.54, 1.807) is 13.0 Å². The molecule has 8 nitrogen and oxygen atoms in total. The standard InChI is InChI=1S/C20H22N4O4/c1-12-6-15(28-23-12)8-19(26)24-11-14(25)7-18(24)20(27)22-10-13-9-21-17-5-3-2-4-16(13)17/h2-6,9,14,18,21,25H,7-8,10-11H2,1H3,(H,22,27)/t14-,18+/m1/s1. The number of amides is 2. The molecule has 28 heavy (non-hydrogen) atoms. The number of benzene rings is 1. The summed E-state index contributed by atoms with van der Waals surface area (Å²) in [5.41, 5.74) is 2.66. The molecule has 0 bridgehead atoms. The van der Waals surface area contributed by atoms with E-state index < -0.39 is 12.1 Å². The number of H-pyrrole nitrogens is 1. The summed E-state index contributed by atoms with van der Waals surface area (Å²) >= 11 is 0. The fourth-order valence-corrected chi connectivity index (χ4v) is 3.67. The summed E-state index contributed by atoms with van der Waals surface area (Å²) in [6.45, 7) is 2.26. The van der Waals surface area contributed by atoms with Crippen molar-refractivity contribution in [3.8, 4) is 0 Å². The van der Waals surface area contributed by atoms with Crippen LogP contribution in [0.1, 0.15) is 23.4 Å². The van der Waals surface area contributed by atoms with E-state index in [1.807, 2.05) is 30.5 Å². The van der Waals surface area contributed by atoms with Gasteiger partial charge < -0.3 is 24.8 Å². The van der Waals surface area contributed by atoms with Gasteiger partial charge in [0.05, 0.1) is 18.2 Å². The maximum absolute atomic E-state index is 12.7. The average molecular weight is 382 g/mol. The number of likely N-dealkylation sites (tertiary alicyclic amines) is 1. The number of carbonyl (C=O) groups is 2. The number of fused-ring (bicyclic) bond motifs is 1. The quantitative estimate of drug-likeness (QED) is 0.616. The van der Waals surface area contributed by atoms with Crippen LogP contribution in [0.4, 0.5) is 0 Å². The number of hydrogen-bond acceptors (Lipinski definition) is 5. The molecule has 1 saturated heterocycles. The molecule has 1 aromatic carbocycles. The lowest BCUT2D eigenvalue weighted by Crippen LogP contribution is -2.46. The van der Waals surface area contributed by atoms with Gasteiger partial charge in [0.25, 0.3) is 0 Å². The first-order valence-corrected chi connectivity index (χ1v) is 9.23. The van der Waals surface area contributed by atoms with Crippen molar-refractivity contribution in [3.63, 3.8) is 0 Å². The van der Waals surface area contributed by atoms with Crippen molar-refractivity contribution in [2.75, 3.05) is 6.54 Å². The van der Waals surface area contributed by atoms with E-state index in [4.69, 9.17) is 4.52 Å². The average Bonchev–Trinajstić information content (AvgIpc) is 3.38. The van der Waals surface area contributed by atoms with Crippen LogP contribution in [0.2, 0.25) is 0 Å². The molecule has 1 aliphatic heterocycles. The van der Waals surface area contributed by atoms with Crippen LogP contribution in [-0.4, -0.2) is 50.7 Å². The monoisotopic (exact) mass is 382 g/mol. The van der Waals surface area contributed by atoms with Crippen molar-refractivity contribution in [1.29, 1.82) is 0 Å². The van der Waals surface area contributed by atoms with Gasteiger partial charge in [-0.2, -0.15) is 0 Å². The van der Waals surface area contributed by atoms with Gasteiger partial charge in [0.15, 0.2) is 0 Å². The highest BCUT2D eigenvalue weighted by Crippen LogP contribution is 2.21. The van der Waals surface area contributed by atoms with E-state index in [9.17, 15) is 14.7 Å². The van der Waals surface area contributed by atoms with Crippen molar-refractivity contribution in [1.82, 2.24) is 20.4 Å². The van der Waals surface area contributed by atoms with E-state index in [2.05, 4.69) is 15.5 Å². The number of aliphatic hydroxyl groups is 1. The van der Waals surface area contributed by atoms with Crippen LogP contribution >= 0.6 is 0 Å². The Balaban J connectivity index is 1.42. The normalized spacial score (nSPS) is 19.3. The molecule has 3 N–H and O–H groups in total. The summed E-state index contributed by atoms with van der Waals surface area (Å²) in [7, 11) is 0. The number of aromatic nitrogens is 2. The first kappa shape index (κ1) is 18.2. The van der Waals surface area contributed by atoms with E-state index in [-0.39, 0.29) is 31.2 Å². The molecule has 0 aliphatic carbocycles. The van der Waals surface area contributed by atoms with Gasteiger partial charge in [0.2, 0.25) is 11.8 Å². The summed E-state index contributed by atoms with van der Waals surface area (Å²) in [6.07, 6.45) is 1.38. The Morgan fingerprint density at radius 3 is 3.00 bits per heavy atom. The van der Waals surface area contributed by atoms with E-state index >= 15 is 0 Å². The Morgan fingerprint density at radius 1 is 1.39 bits per heavy atom. The van der Waals surface area contributed by atoms with Crippen LogP contribution in [0.3, 0.4) is 0 Å². The third kappa shape index (κ3) is 3.63. The number of aliphatic hydroxyl groups excluding tert-OH is 1. The maximum Gasteiger partial charge on any atom is 0.243 e. The molecule has 0 unspecified atom stereocenters. The highest BCUT2D eigenvalue weighted by Gasteiger charge is 2.38. The Morgan fingerprint density at radius 2 is 2.21 bits per heavy atom. The van der Waals surface area contributed by atoms with Crippen molar-refractivity contribution >= 4 is 22.7 Å². The predicted octanol–water partition coefficient (Wildman–Crippen LogP) is 1.29. The van der Waals surface area contributed by atoms with Gasteiger partial charge in [-0.3, -0.25) is 9.59 Å². The number of nitrogens with one attached hydrogen (secondary N) is 2. The third-order valence-corrected chi connectivity index (χ3v) is 5.03. The summed E-state index contributed by atoms with van der Waals surface area (Å²) in [5, 5.41) is 17.7. The third-order valence-electron chi connectivity index (χ3n) is 5.03. The van der Waals surface area contributed by atoms with Crippen molar-refractivity contribution < 1.29 is 19.2 Å². The van der Waals surface area contributed by atoms with Crippen LogP contribution in [0.25, 0.3) is 10.9 Å². The van der Waals surface area contributed by atoms with Crippen LogP contribution in [-0.2, 0) is 22.6 Å². The molecule has 1 aliphatic rings. The highest BCUT2D eigenvalue weighted by molar-refractivity contribution is 5.89. The molecule has 3 heterocycles. The molecule has 146 valence electrons. The van der Waals surface area contributed by atoms with Crippen molar-refractivity contribution in [3.05, 3.63) is 53.5 Å². The van der Waals surface area contributed by atoms with E-state index in [0.29, 0.717) is 18.0 Å². The minimum atomic E-state index is -0.718. The molecule has 2 amide bonds. The lowest BCUT2D eigenvalue weighted by atomic mass is 10.1. The SMILES string of the molecule is Cc1cc(CC(=O)N2C[C@H](O)C[C@H]2C(=O)NCc2c[nH]c3ccccc23)on1. The molecule has 3 aromatic rings. The highest BCUT2D eigenvalue weighted by atomic mass is 16.5. The second-order valence-electron chi connectivity index (χ2n) is 7.14. The number of carbonyl (C=O) groups excluding carboxylic acids is 2. The summed E-state index contributed by atoms with van der Waals surface area (Å²) in [5.74, 6) is -0.0919. The van der Waals surface area contributed by atoms with Gasteiger partial charge in [0.1, 0.15) is 11.8 Å². The topological polar surface area (TPSA) is 111 Å². The lowest BCUT2D eigenvalue weighted by Gasteiger charge is -2.23. The second-order valence-corrected chi connectivity index (χ2v) is 7.14.